The van der Waals surface area contributed by atoms with Crippen LogP contribution < -0.4 is 10.3 Å². The molecule has 0 fully saturated rings. The number of hydrogen-bond acceptors (Lipinski definition) is 5. The van der Waals surface area contributed by atoms with Gasteiger partial charge in [0.15, 0.2) is 11.0 Å². The fraction of sp³-hybridized carbons (Fsp3) is 0.129. The normalized spacial score (nSPS) is 17.9. The molecule has 4 heterocycles. The van der Waals surface area contributed by atoms with E-state index in [4.69, 9.17) is 8.83 Å². The van der Waals surface area contributed by atoms with Crippen molar-refractivity contribution in [1.29, 1.82) is 0 Å². The van der Waals surface area contributed by atoms with Crippen molar-refractivity contribution in [2.75, 3.05) is 4.90 Å². The van der Waals surface area contributed by atoms with Gasteiger partial charge in [-0.25, -0.2) is 4.39 Å². The fourth-order valence-corrected chi connectivity index (χ4v) is 5.86. The van der Waals surface area contributed by atoms with Crippen molar-refractivity contribution < 1.29 is 22.8 Å². The Bertz CT molecular complexity index is 1880. The third-order valence-electron chi connectivity index (χ3n) is 7.68. The molecule has 192 valence electrons. The molecular formula is C31H21FN2O5. The number of benzene rings is 3. The van der Waals surface area contributed by atoms with Crippen LogP contribution in [0.15, 0.2) is 98.8 Å². The van der Waals surface area contributed by atoms with Crippen LogP contribution in [0.4, 0.5) is 10.1 Å². The Hall–Kier alpha value is -4.98. The molecule has 1 atom stereocenters. The van der Waals surface area contributed by atoms with Crippen LogP contribution in [0.5, 0.6) is 0 Å². The Labute approximate surface area is 221 Å². The van der Waals surface area contributed by atoms with Gasteiger partial charge in [-0.3, -0.25) is 14.4 Å². The molecule has 39 heavy (non-hydrogen) atoms. The van der Waals surface area contributed by atoms with Gasteiger partial charge >= 0.3 is 0 Å². The van der Waals surface area contributed by atoms with E-state index in [1.54, 1.807) is 35.2 Å². The lowest BCUT2D eigenvalue weighted by Crippen LogP contribution is -2.52. The van der Waals surface area contributed by atoms with Gasteiger partial charge in [-0.05, 0) is 54.4 Å². The van der Waals surface area contributed by atoms with E-state index in [1.165, 1.54) is 17.2 Å². The summed E-state index contributed by atoms with van der Waals surface area (Å²) >= 11 is 0. The van der Waals surface area contributed by atoms with Crippen LogP contribution in [-0.4, -0.2) is 16.7 Å². The number of amides is 2. The minimum Gasteiger partial charge on any atom is -0.467 e. The number of furan rings is 1. The summed E-state index contributed by atoms with van der Waals surface area (Å²) in [6, 6.07) is 21.8. The average molecular weight is 521 g/mol. The lowest BCUT2D eigenvalue weighted by molar-refractivity contribution is -0.126. The van der Waals surface area contributed by atoms with Crippen LogP contribution in [0, 0.1) is 12.7 Å². The Balaban J connectivity index is 1.53. The summed E-state index contributed by atoms with van der Waals surface area (Å²) < 4.78 is 25.8. The Morgan fingerprint density at radius 3 is 2.49 bits per heavy atom. The molecule has 1 unspecified atom stereocenters. The highest BCUT2D eigenvalue weighted by Gasteiger charge is 2.65. The number of anilines is 1. The van der Waals surface area contributed by atoms with Crippen molar-refractivity contribution in [1.82, 2.24) is 4.90 Å². The number of aryl methyl sites for hydroxylation is 1. The quantitative estimate of drug-likeness (QED) is 0.322. The SMILES string of the molecule is Cc1ccccc1CN1C(=O)C2(c3ccccc31)c1c(oc3ccc(F)cc3c1=O)C(=O)N2Cc1ccco1. The highest BCUT2D eigenvalue weighted by Crippen LogP contribution is 2.53. The molecule has 1 spiro atoms. The Kier molecular flexibility index (Phi) is 4.91. The smallest absolute Gasteiger partial charge is 0.291 e. The second-order valence-corrected chi connectivity index (χ2v) is 9.79. The standard InChI is InChI=1S/C31H21FN2O5/c1-18-7-2-3-8-19(18)16-33-24-11-5-4-10-23(24)31(30(33)37)26-27(35)22-15-20(32)12-13-25(22)39-28(26)29(36)34(31)17-21-9-6-14-38-21/h2-15H,16-17H2,1H3. The monoisotopic (exact) mass is 520 g/mol. The van der Waals surface area contributed by atoms with Crippen LogP contribution in [0.25, 0.3) is 11.0 Å². The minimum absolute atomic E-state index is 0.0385. The van der Waals surface area contributed by atoms with Crippen molar-refractivity contribution in [2.45, 2.75) is 25.6 Å². The summed E-state index contributed by atoms with van der Waals surface area (Å²) in [6.07, 6.45) is 1.48. The number of fused-ring (bicyclic) bond motifs is 5. The zero-order valence-electron chi connectivity index (χ0n) is 20.8. The van der Waals surface area contributed by atoms with Gasteiger partial charge < -0.3 is 18.6 Å². The fourth-order valence-electron chi connectivity index (χ4n) is 5.86. The summed E-state index contributed by atoms with van der Waals surface area (Å²) in [6.45, 7) is 2.11. The summed E-state index contributed by atoms with van der Waals surface area (Å²) in [7, 11) is 0. The van der Waals surface area contributed by atoms with Crippen molar-refractivity contribution in [3.05, 3.63) is 135 Å². The predicted octanol–water partition coefficient (Wildman–Crippen LogP) is 5.28. The van der Waals surface area contributed by atoms with E-state index < -0.39 is 28.6 Å². The van der Waals surface area contributed by atoms with E-state index in [1.807, 2.05) is 37.3 Å². The van der Waals surface area contributed by atoms with Gasteiger partial charge in [-0.2, -0.15) is 0 Å². The van der Waals surface area contributed by atoms with Crippen molar-refractivity contribution in [3.8, 4) is 0 Å². The van der Waals surface area contributed by atoms with Crippen molar-refractivity contribution in [2.24, 2.45) is 0 Å². The highest BCUT2D eigenvalue weighted by molar-refractivity contribution is 6.17. The largest absolute Gasteiger partial charge is 0.467 e. The maximum absolute atomic E-state index is 14.8. The van der Waals surface area contributed by atoms with E-state index >= 15 is 0 Å². The number of hydrogen-bond donors (Lipinski definition) is 0. The topological polar surface area (TPSA) is 84.0 Å². The molecule has 0 saturated carbocycles. The molecule has 2 amide bonds. The number of para-hydroxylation sites is 1. The molecule has 2 aliphatic rings. The predicted molar refractivity (Wildman–Crippen MR) is 141 cm³/mol. The second kappa shape index (κ2) is 8.26. The van der Waals surface area contributed by atoms with Gasteiger partial charge in [0, 0.05) is 5.56 Å². The van der Waals surface area contributed by atoms with Gasteiger partial charge in [0.2, 0.25) is 5.76 Å². The number of nitrogens with zero attached hydrogens (tertiary/aromatic N) is 2. The van der Waals surface area contributed by atoms with Crippen LogP contribution >= 0.6 is 0 Å². The average Bonchev–Trinajstić information content (AvgIpc) is 3.60. The maximum atomic E-state index is 14.8. The summed E-state index contributed by atoms with van der Waals surface area (Å²) in [5.74, 6) is -1.51. The molecule has 8 heteroatoms. The molecule has 3 aromatic carbocycles. The van der Waals surface area contributed by atoms with E-state index in [2.05, 4.69) is 0 Å². The molecule has 7 nitrogen and oxygen atoms in total. The first-order chi connectivity index (χ1) is 18.9. The molecule has 0 bridgehead atoms. The molecule has 5 aromatic rings. The van der Waals surface area contributed by atoms with E-state index in [9.17, 15) is 18.8 Å². The first-order valence-electron chi connectivity index (χ1n) is 12.5. The van der Waals surface area contributed by atoms with Crippen LogP contribution in [0.3, 0.4) is 0 Å². The third-order valence-corrected chi connectivity index (χ3v) is 7.68. The molecule has 0 N–H and O–H groups in total. The second-order valence-electron chi connectivity index (χ2n) is 9.79. The van der Waals surface area contributed by atoms with Gasteiger partial charge in [-0.15, -0.1) is 0 Å². The zero-order valence-corrected chi connectivity index (χ0v) is 20.8. The Morgan fingerprint density at radius 1 is 0.897 bits per heavy atom. The number of carbonyl (C=O) groups excluding carboxylic acids is 2. The van der Waals surface area contributed by atoms with E-state index in [0.717, 1.165) is 23.3 Å². The summed E-state index contributed by atoms with van der Waals surface area (Å²) in [5, 5.41) is -0.0385. The van der Waals surface area contributed by atoms with E-state index in [-0.39, 0.29) is 35.4 Å². The first kappa shape index (κ1) is 23.2. The lowest BCUT2D eigenvalue weighted by Gasteiger charge is -2.33. The van der Waals surface area contributed by atoms with Crippen LogP contribution in [0.1, 0.15) is 38.6 Å². The summed E-state index contributed by atoms with van der Waals surface area (Å²) in [4.78, 5) is 45.8. The number of rotatable bonds is 4. The van der Waals surface area contributed by atoms with E-state index in [0.29, 0.717) is 17.0 Å². The van der Waals surface area contributed by atoms with Crippen LogP contribution in [-0.2, 0) is 23.4 Å². The maximum Gasteiger partial charge on any atom is 0.291 e. The molecule has 0 radical (unpaired) electrons. The van der Waals surface area contributed by atoms with Gasteiger partial charge in [0.05, 0.1) is 36.0 Å². The highest BCUT2D eigenvalue weighted by atomic mass is 19.1. The Morgan fingerprint density at radius 2 is 1.69 bits per heavy atom. The molecule has 2 aromatic heterocycles. The molecule has 0 aliphatic carbocycles. The van der Waals surface area contributed by atoms with Gasteiger partial charge in [0.1, 0.15) is 17.2 Å². The molecule has 0 saturated heterocycles. The lowest BCUT2D eigenvalue weighted by atomic mass is 9.84. The zero-order chi connectivity index (χ0) is 26.9. The molecule has 2 aliphatic heterocycles. The minimum atomic E-state index is -1.82. The van der Waals surface area contributed by atoms with Gasteiger partial charge in [0.25, 0.3) is 11.8 Å². The first-order valence-corrected chi connectivity index (χ1v) is 12.5. The summed E-state index contributed by atoms with van der Waals surface area (Å²) in [5.41, 5.74) is 0.495. The van der Waals surface area contributed by atoms with Crippen LogP contribution in [0.2, 0.25) is 0 Å². The number of halogens is 1. The van der Waals surface area contributed by atoms with Crippen molar-refractivity contribution >= 4 is 28.5 Å². The molecular weight excluding hydrogens is 499 g/mol. The van der Waals surface area contributed by atoms with Gasteiger partial charge in [-0.1, -0.05) is 42.5 Å². The molecule has 7 rings (SSSR count). The number of carbonyl (C=O) groups is 2. The third kappa shape index (κ3) is 3.11. The van der Waals surface area contributed by atoms with Crippen molar-refractivity contribution in [3.63, 3.8) is 0 Å².